The second-order valence-corrected chi connectivity index (χ2v) is 5.09. The van der Waals surface area contributed by atoms with Gasteiger partial charge in [-0.2, -0.15) is 0 Å². The second kappa shape index (κ2) is 6.06. The third kappa shape index (κ3) is 3.26. The van der Waals surface area contributed by atoms with Gasteiger partial charge in [0.25, 0.3) is 0 Å². The summed E-state index contributed by atoms with van der Waals surface area (Å²) in [5.41, 5.74) is 1.77. The molecule has 2 aromatic carbocycles. The fourth-order valence-electron chi connectivity index (χ4n) is 1.93. The largest absolute Gasteiger partial charge is 0.506 e. The lowest BCUT2D eigenvalue weighted by molar-refractivity contribution is 0.464. The zero-order valence-corrected chi connectivity index (χ0v) is 12.2. The average molecular weight is 324 g/mol. The molecule has 0 radical (unpaired) electrons. The molecule has 0 aromatic heterocycles. The summed E-state index contributed by atoms with van der Waals surface area (Å²) in [6.45, 7) is 3.38. The molecule has 0 aliphatic carbocycles. The number of phenolic OH excluding ortho intramolecular Hbond substituents is 1. The third-order valence-electron chi connectivity index (χ3n) is 3.01. The van der Waals surface area contributed by atoms with Crippen LogP contribution in [0.4, 0.5) is 10.1 Å². The van der Waals surface area contributed by atoms with Gasteiger partial charge in [0.05, 0.1) is 4.47 Å². The Morgan fingerprint density at radius 2 is 1.84 bits per heavy atom. The van der Waals surface area contributed by atoms with Gasteiger partial charge in [0, 0.05) is 24.3 Å². The smallest absolute Gasteiger partial charge is 0.134 e. The molecule has 0 saturated heterocycles. The van der Waals surface area contributed by atoms with E-state index in [9.17, 15) is 9.50 Å². The fourth-order valence-corrected chi connectivity index (χ4v) is 2.34. The van der Waals surface area contributed by atoms with Crippen molar-refractivity contribution in [3.63, 3.8) is 0 Å². The van der Waals surface area contributed by atoms with Crippen molar-refractivity contribution in [3.05, 3.63) is 58.3 Å². The molecule has 1 N–H and O–H groups in total. The van der Waals surface area contributed by atoms with E-state index in [4.69, 9.17) is 0 Å². The maximum absolute atomic E-state index is 12.9. The van der Waals surface area contributed by atoms with Gasteiger partial charge in [-0.3, -0.25) is 0 Å². The molecular weight excluding hydrogens is 309 g/mol. The standard InChI is InChI=1S/C15H15BrFNO/c1-2-18(13-8-6-12(17)7-9-13)10-11-4-3-5-14(16)15(11)19/h3-9,19H,2,10H2,1H3. The van der Waals surface area contributed by atoms with E-state index in [1.54, 1.807) is 18.2 Å². The predicted molar refractivity (Wildman–Crippen MR) is 78.9 cm³/mol. The normalized spacial score (nSPS) is 10.5. The quantitative estimate of drug-likeness (QED) is 0.905. The highest BCUT2D eigenvalue weighted by Crippen LogP contribution is 2.29. The van der Waals surface area contributed by atoms with E-state index in [0.29, 0.717) is 11.0 Å². The molecule has 0 aliphatic heterocycles. The fraction of sp³-hybridized carbons (Fsp3) is 0.200. The SMILES string of the molecule is CCN(Cc1cccc(Br)c1O)c1ccc(F)cc1. The summed E-state index contributed by atoms with van der Waals surface area (Å²) >= 11 is 3.31. The Balaban J connectivity index is 2.24. The maximum Gasteiger partial charge on any atom is 0.134 e. The van der Waals surface area contributed by atoms with Gasteiger partial charge in [-0.15, -0.1) is 0 Å². The zero-order chi connectivity index (χ0) is 13.8. The van der Waals surface area contributed by atoms with E-state index in [1.807, 2.05) is 19.1 Å². The Kier molecular flexibility index (Phi) is 4.43. The maximum atomic E-state index is 12.9. The lowest BCUT2D eigenvalue weighted by atomic mass is 10.1. The summed E-state index contributed by atoms with van der Waals surface area (Å²) in [5, 5.41) is 10.00. The van der Waals surface area contributed by atoms with Crippen LogP contribution in [-0.4, -0.2) is 11.7 Å². The van der Waals surface area contributed by atoms with Gasteiger partial charge < -0.3 is 10.0 Å². The van der Waals surface area contributed by atoms with Crippen LogP contribution >= 0.6 is 15.9 Å². The highest BCUT2D eigenvalue weighted by atomic mass is 79.9. The number of nitrogens with zero attached hydrogens (tertiary/aromatic N) is 1. The van der Waals surface area contributed by atoms with Crippen LogP contribution in [0, 0.1) is 5.82 Å². The van der Waals surface area contributed by atoms with Gasteiger partial charge in [-0.25, -0.2) is 4.39 Å². The minimum atomic E-state index is -0.245. The first kappa shape index (κ1) is 13.9. The Morgan fingerprint density at radius 3 is 2.47 bits per heavy atom. The van der Waals surface area contributed by atoms with Gasteiger partial charge in [0.2, 0.25) is 0 Å². The number of phenols is 1. The Hall–Kier alpha value is -1.55. The van der Waals surface area contributed by atoms with Crippen LogP contribution in [0.15, 0.2) is 46.9 Å². The molecule has 2 nitrogen and oxygen atoms in total. The van der Waals surface area contributed by atoms with Crippen molar-refractivity contribution in [3.8, 4) is 5.75 Å². The molecule has 0 saturated carbocycles. The molecule has 0 unspecified atom stereocenters. The first-order valence-corrected chi connectivity index (χ1v) is 6.88. The minimum Gasteiger partial charge on any atom is -0.506 e. The van der Waals surface area contributed by atoms with Crippen LogP contribution in [0.5, 0.6) is 5.75 Å². The number of benzene rings is 2. The van der Waals surface area contributed by atoms with Crippen LogP contribution in [0.1, 0.15) is 12.5 Å². The number of para-hydroxylation sites is 1. The molecule has 19 heavy (non-hydrogen) atoms. The lowest BCUT2D eigenvalue weighted by Crippen LogP contribution is -2.22. The topological polar surface area (TPSA) is 23.5 Å². The van der Waals surface area contributed by atoms with E-state index in [1.165, 1.54) is 12.1 Å². The van der Waals surface area contributed by atoms with Gasteiger partial charge in [-0.05, 0) is 53.2 Å². The molecule has 2 rings (SSSR count). The number of aromatic hydroxyl groups is 1. The molecule has 0 bridgehead atoms. The third-order valence-corrected chi connectivity index (χ3v) is 3.64. The van der Waals surface area contributed by atoms with Crippen LogP contribution in [0.25, 0.3) is 0 Å². The van der Waals surface area contributed by atoms with Crippen molar-refractivity contribution in [2.24, 2.45) is 0 Å². The van der Waals surface area contributed by atoms with Gasteiger partial charge in [0.15, 0.2) is 0 Å². The predicted octanol–water partition coefficient (Wildman–Crippen LogP) is 4.32. The van der Waals surface area contributed by atoms with Crippen molar-refractivity contribution >= 4 is 21.6 Å². The van der Waals surface area contributed by atoms with E-state index in [-0.39, 0.29) is 11.6 Å². The summed E-state index contributed by atoms with van der Waals surface area (Å²) in [6.07, 6.45) is 0. The Labute approximate surface area is 120 Å². The van der Waals surface area contributed by atoms with Crippen molar-refractivity contribution < 1.29 is 9.50 Å². The summed E-state index contributed by atoms with van der Waals surface area (Å²) < 4.78 is 13.6. The van der Waals surface area contributed by atoms with Gasteiger partial charge in [-0.1, -0.05) is 12.1 Å². The lowest BCUT2D eigenvalue weighted by Gasteiger charge is -2.23. The van der Waals surface area contributed by atoms with Crippen LogP contribution in [0.3, 0.4) is 0 Å². The highest BCUT2D eigenvalue weighted by Gasteiger charge is 2.10. The number of hydrogen-bond donors (Lipinski definition) is 1. The van der Waals surface area contributed by atoms with E-state index in [2.05, 4.69) is 20.8 Å². The summed E-state index contributed by atoms with van der Waals surface area (Å²) in [5.74, 6) is 0.00756. The van der Waals surface area contributed by atoms with Crippen LogP contribution in [-0.2, 0) is 6.54 Å². The van der Waals surface area contributed by atoms with Crippen molar-refractivity contribution in [2.45, 2.75) is 13.5 Å². The molecule has 4 heteroatoms. The van der Waals surface area contributed by atoms with Crippen LogP contribution in [0.2, 0.25) is 0 Å². The van der Waals surface area contributed by atoms with Gasteiger partial charge in [0.1, 0.15) is 11.6 Å². The monoisotopic (exact) mass is 323 g/mol. The first-order chi connectivity index (χ1) is 9.11. The molecular formula is C15H15BrFNO. The Bertz CT molecular complexity index is 557. The molecule has 100 valence electrons. The number of hydrogen-bond acceptors (Lipinski definition) is 2. The van der Waals surface area contributed by atoms with E-state index >= 15 is 0 Å². The first-order valence-electron chi connectivity index (χ1n) is 6.08. The second-order valence-electron chi connectivity index (χ2n) is 4.24. The Morgan fingerprint density at radius 1 is 1.16 bits per heavy atom. The zero-order valence-electron chi connectivity index (χ0n) is 10.6. The molecule has 0 heterocycles. The van der Waals surface area contributed by atoms with Crippen molar-refractivity contribution in [1.82, 2.24) is 0 Å². The minimum absolute atomic E-state index is 0.245. The molecule has 2 aromatic rings. The van der Waals surface area contributed by atoms with Gasteiger partial charge >= 0.3 is 0 Å². The number of rotatable bonds is 4. The van der Waals surface area contributed by atoms with Crippen LogP contribution < -0.4 is 4.90 Å². The number of halogens is 2. The highest BCUT2D eigenvalue weighted by molar-refractivity contribution is 9.10. The average Bonchev–Trinajstić information content (AvgIpc) is 2.42. The summed E-state index contributed by atoms with van der Waals surface area (Å²) in [7, 11) is 0. The molecule has 0 spiro atoms. The number of anilines is 1. The van der Waals surface area contributed by atoms with Crippen molar-refractivity contribution in [2.75, 3.05) is 11.4 Å². The van der Waals surface area contributed by atoms with Crippen molar-refractivity contribution in [1.29, 1.82) is 0 Å². The summed E-state index contributed by atoms with van der Waals surface area (Å²) in [4.78, 5) is 2.07. The molecule has 0 atom stereocenters. The molecule has 0 fully saturated rings. The van der Waals surface area contributed by atoms with E-state index in [0.717, 1.165) is 17.8 Å². The molecule has 0 aliphatic rings. The van der Waals surface area contributed by atoms with E-state index < -0.39 is 0 Å². The summed E-state index contributed by atoms with van der Waals surface area (Å²) in [6, 6.07) is 11.9. The molecule has 0 amide bonds.